The fraction of sp³-hybridized carbons (Fsp3) is 0.619. The van der Waals surface area contributed by atoms with Crippen molar-refractivity contribution < 1.29 is 18.0 Å². The van der Waals surface area contributed by atoms with E-state index in [2.05, 4.69) is 10.2 Å². The summed E-state index contributed by atoms with van der Waals surface area (Å²) in [6, 6.07) is 8.78. The zero-order chi connectivity index (χ0) is 21.0. The predicted octanol–water partition coefficient (Wildman–Crippen LogP) is 1.30. The Morgan fingerprint density at radius 3 is 2.38 bits per heavy atom. The van der Waals surface area contributed by atoms with E-state index in [-0.39, 0.29) is 41.4 Å². The molecule has 0 aliphatic carbocycles. The first kappa shape index (κ1) is 21.8. The molecule has 2 atom stereocenters. The highest BCUT2D eigenvalue weighted by atomic mass is 32.2. The number of nitrogens with one attached hydrogen (secondary N) is 1. The van der Waals surface area contributed by atoms with Gasteiger partial charge in [0.05, 0.1) is 17.5 Å². The van der Waals surface area contributed by atoms with E-state index >= 15 is 0 Å². The first-order valence-electron chi connectivity index (χ1n) is 10.4. The number of nitrogens with zero attached hydrogens (tertiary/aromatic N) is 2. The highest BCUT2D eigenvalue weighted by Gasteiger charge is 2.37. The minimum atomic E-state index is -3.02. The summed E-state index contributed by atoms with van der Waals surface area (Å²) in [5.41, 5.74) is 0.656. The van der Waals surface area contributed by atoms with E-state index in [1.807, 2.05) is 32.0 Å². The average Bonchev–Trinajstić information content (AvgIpc) is 3.08. The molecule has 1 aromatic carbocycles. The molecule has 0 radical (unpaired) electrons. The zero-order valence-electron chi connectivity index (χ0n) is 17.2. The van der Waals surface area contributed by atoms with E-state index in [1.165, 1.54) is 0 Å². The minimum absolute atomic E-state index is 0.00127. The number of hydrogen-bond donors (Lipinski definition) is 1. The van der Waals surface area contributed by atoms with Crippen molar-refractivity contribution in [1.29, 1.82) is 0 Å². The summed E-state index contributed by atoms with van der Waals surface area (Å²) in [5.74, 6) is 0.184. The smallest absolute Gasteiger partial charge is 0.251 e. The second kappa shape index (κ2) is 9.26. The molecule has 2 aliphatic rings. The normalized spacial score (nSPS) is 23.4. The number of hydrogen-bond acceptors (Lipinski definition) is 5. The maximum absolute atomic E-state index is 13.0. The van der Waals surface area contributed by atoms with Gasteiger partial charge >= 0.3 is 0 Å². The Morgan fingerprint density at radius 2 is 1.83 bits per heavy atom. The summed E-state index contributed by atoms with van der Waals surface area (Å²) in [6.07, 6.45) is 2.11. The molecule has 0 spiro atoms. The Hall–Kier alpha value is -1.93. The van der Waals surface area contributed by atoms with Gasteiger partial charge in [-0.1, -0.05) is 18.2 Å². The highest BCUT2D eigenvalue weighted by Crippen LogP contribution is 2.21. The lowest BCUT2D eigenvalue weighted by Crippen LogP contribution is -2.54. The van der Waals surface area contributed by atoms with Crippen molar-refractivity contribution in [3.8, 4) is 0 Å². The van der Waals surface area contributed by atoms with Crippen molar-refractivity contribution in [2.24, 2.45) is 0 Å². The molecule has 2 aliphatic heterocycles. The van der Waals surface area contributed by atoms with Gasteiger partial charge in [-0.2, -0.15) is 0 Å². The van der Waals surface area contributed by atoms with Gasteiger partial charge in [-0.25, -0.2) is 8.42 Å². The molecule has 0 unspecified atom stereocenters. The first-order valence-corrected chi connectivity index (χ1v) is 12.2. The van der Waals surface area contributed by atoms with Gasteiger partial charge in [0.1, 0.15) is 0 Å². The van der Waals surface area contributed by atoms with Crippen LogP contribution in [0.25, 0.3) is 0 Å². The van der Waals surface area contributed by atoms with E-state index in [0.29, 0.717) is 18.5 Å². The maximum atomic E-state index is 13.0. The number of carbonyl (C=O) groups is 2. The molecule has 0 saturated carbocycles. The van der Waals surface area contributed by atoms with Gasteiger partial charge in [0, 0.05) is 37.3 Å². The van der Waals surface area contributed by atoms with Crippen molar-refractivity contribution in [3.05, 3.63) is 35.9 Å². The second-order valence-corrected chi connectivity index (χ2v) is 10.2. The van der Waals surface area contributed by atoms with Crippen LogP contribution < -0.4 is 5.32 Å². The van der Waals surface area contributed by atoms with Gasteiger partial charge in [-0.15, -0.1) is 0 Å². The highest BCUT2D eigenvalue weighted by molar-refractivity contribution is 7.91. The molecule has 1 aromatic rings. The Balaban J connectivity index is 1.52. The molecule has 2 saturated heterocycles. The second-order valence-electron chi connectivity index (χ2n) is 8.01. The van der Waals surface area contributed by atoms with Crippen LogP contribution in [0, 0.1) is 0 Å². The Bertz CT molecular complexity index is 820. The van der Waals surface area contributed by atoms with E-state index < -0.39 is 9.84 Å². The SMILES string of the molecule is CCN(C(=O)[C@@H](C)N1CCC(NC(=O)c2ccccc2)CC1)[C@H]1CCS(=O)(=O)C1. The predicted molar refractivity (Wildman–Crippen MR) is 112 cm³/mol. The number of rotatable bonds is 6. The van der Waals surface area contributed by atoms with E-state index in [9.17, 15) is 18.0 Å². The van der Waals surface area contributed by atoms with Crippen LogP contribution in [-0.2, 0) is 14.6 Å². The summed E-state index contributed by atoms with van der Waals surface area (Å²) in [5, 5.41) is 3.08. The van der Waals surface area contributed by atoms with E-state index in [1.54, 1.807) is 17.0 Å². The molecule has 2 heterocycles. The monoisotopic (exact) mass is 421 g/mol. The maximum Gasteiger partial charge on any atom is 0.251 e. The third kappa shape index (κ3) is 5.36. The molecule has 7 nitrogen and oxygen atoms in total. The molecular weight excluding hydrogens is 390 g/mol. The number of likely N-dealkylation sites (N-methyl/N-ethyl adjacent to an activating group) is 1. The van der Waals surface area contributed by atoms with Crippen LogP contribution in [0.4, 0.5) is 0 Å². The third-order valence-electron chi connectivity index (χ3n) is 6.08. The van der Waals surface area contributed by atoms with Crippen LogP contribution in [0.15, 0.2) is 30.3 Å². The van der Waals surface area contributed by atoms with Crippen LogP contribution in [0.3, 0.4) is 0 Å². The molecule has 29 heavy (non-hydrogen) atoms. The Kier molecular flexibility index (Phi) is 6.95. The lowest BCUT2D eigenvalue weighted by molar-refractivity contribution is -0.138. The summed E-state index contributed by atoms with van der Waals surface area (Å²) < 4.78 is 23.6. The van der Waals surface area contributed by atoms with Gasteiger partial charge in [0.15, 0.2) is 9.84 Å². The summed E-state index contributed by atoms with van der Waals surface area (Å²) in [6.45, 7) is 5.78. The molecule has 160 valence electrons. The molecule has 0 bridgehead atoms. The van der Waals surface area contributed by atoms with Gasteiger partial charge in [0.25, 0.3) is 5.91 Å². The standard InChI is InChI=1S/C21H31N3O4S/c1-3-24(19-11-14-29(27,28)15-19)21(26)16(2)23-12-9-18(10-13-23)22-20(25)17-7-5-4-6-8-17/h4-8,16,18-19H,3,9-15H2,1-2H3,(H,22,25)/t16-,19+/m1/s1. The number of benzene rings is 1. The average molecular weight is 422 g/mol. The first-order chi connectivity index (χ1) is 13.8. The largest absolute Gasteiger partial charge is 0.349 e. The van der Waals surface area contributed by atoms with Crippen molar-refractivity contribution >= 4 is 21.7 Å². The quantitative estimate of drug-likeness (QED) is 0.748. The number of amides is 2. The number of likely N-dealkylation sites (tertiary alicyclic amines) is 1. The number of sulfone groups is 1. The molecular formula is C21H31N3O4S. The van der Waals surface area contributed by atoms with Crippen LogP contribution in [0.1, 0.15) is 43.5 Å². The number of piperidine rings is 1. The zero-order valence-corrected chi connectivity index (χ0v) is 18.0. The van der Waals surface area contributed by atoms with Crippen LogP contribution >= 0.6 is 0 Å². The van der Waals surface area contributed by atoms with Gasteiger partial charge in [-0.3, -0.25) is 14.5 Å². The molecule has 2 fully saturated rings. The van der Waals surface area contributed by atoms with Crippen molar-refractivity contribution in [2.75, 3.05) is 31.1 Å². The summed E-state index contributed by atoms with van der Waals surface area (Å²) in [4.78, 5) is 29.2. The van der Waals surface area contributed by atoms with Crippen molar-refractivity contribution in [1.82, 2.24) is 15.1 Å². The molecule has 2 amide bonds. The molecule has 0 aromatic heterocycles. The van der Waals surface area contributed by atoms with Crippen LogP contribution in [0.5, 0.6) is 0 Å². The van der Waals surface area contributed by atoms with Crippen LogP contribution in [0.2, 0.25) is 0 Å². The fourth-order valence-electron chi connectivity index (χ4n) is 4.30. The van der Waals surface area contributed by atoms with Gasteiger partial charge in [-0.05, 0) is 45.2 Å². The minimum Gasteiger partial charge on any atom is -0.349 e. The lowest BCUT2D eigenvalue weighted by Gasteiger charge is -2.38. The molecule has 8 heteroatoms. The molecule has 1 N–H and O–H groups in total. The Morgan fingerprint density at radius 1 is 1.17 bits per heavy atom. The van der Waals surface area contributed by atoms with Crippen LogP contribution in [-0.4, -0.2) is 79.3 Å². The van der Waals surface area contributed by atoms with Crippen molar-refractivity contribution in [3.63, 3.8) is 0 Å². The summed E-state index contributed by atoms with van der Waals surface area (Å²) in [7, 11) is -3.02. The van der Waals surface area contributed by atoms with E-state index in [4.69, 9.17) is 0 Å². The molecule has 3 rings (SSSR count). The lowest BCUT2D eigenvalue weighted by atomic mass is 10.0. The topological polar surface area (TPSA) is 86.8 Å². The third-order valence-corrected chi connectivity index (χ3v) is 7.83. The van der Waals surface area contributed by atoms with Gasteiger partial charge in [0.2, 0.25) is 5.91 Å². The number of carbonyl (C=O) groups excluding carboxylic acids is 2. The Labute approximate surface area is 173 Å². The van der Waals surface area contributed by atoms with Crippen molar-refractivity contribution in [2.45, 2.75) is 51.2 Å². The summed E-state index contributed by atoms with van der Waals surface area (Å²) >= 11 is 0. The fourth-order valence-corrected chi connectivity index (χ4v) is 6.03. The van der Waals surface area contributed by atoms with Gasteiger partial charge < -0.3 is 10.2 Å². The van der Waals surface area contributed by atoms with E-state index in [0.717, 1.165) is 25.9 Å².